The molecule has 0 fully saturated rings. The smallest absolute Gasteiger partial charge is 0.308 e. The Morgan fingerprint density at radius 1 is 1.17 bits per heavy atom. The maximum absolute atomic E-state index is 12.3. The van der Waals surface area contributed by atoms with Gasteiger partial charge in [0.1, 0.15) is 0 Å². The molecule has 0 radical (unpaired) electrons. The van der Waals surface area contributed by atoms with Crippen LogP contribution in [0, 0.1) is 13.8 Å². The van der Waals surface area contributed by atoms with E-state index in [9.17, 15) is 14.4 Å². The fraction of sp³-hybridized carbons (Fsp3) is 0.294. The molecule has 1 aromatic carbocycles. The number of aromatic nitrogens is 1. The lowest BCUT2D eigenvalue weighted by atomic mass is 10.1. The fourth-order valence-electron chi connectivity index (χ4n) is 2.52. The highest BCUT2D eigenvalue weighted by molar-refractivity contribution is 6.21. The molecule has 0 saturated heterocycles. The van der Waals surface area contributed by atoms with Crippen LogP contribution in [0.2, 0.25) is 0 Å². The van der Waals surface area contributed by atoms with Gasteiger partial charge in [0, 0.05) is 12.6 Å². The van der Waals surface area contributed by atoms with Crippen LogP contribution in [0.15, 0.2) is 28.8 Å². The number of fused-ring (bicyclic) bond motifs is 1. The van der Waals surface area contributed by atoms with Gasteiger partial charge in [0.2, 0.25) is 0 Å². The first-order chi connectivity index (χ1) is 11.5. The maximum atomic E-state index is 12.3. The Labute approximate surface area is 138 Å². The first-order valence-electron chi connectivity index (χ1n) is 7.50. The Bertz CT molecular complexity index is 824. The Kier molecular flexibility index (Phi) is 4.16. The number of hydrogen-bond donors (Lipinski definition) is 0. The molecule has 0 saturated carbocycles. The normalized spacial score (nSPS) is 13.3. The monoisotopic (exact) mass is 328 g/mol. The van der Waals surface area contributed by atoms with E-state index < -0.39 is 5.97 Å². The summed E-state index contributed by atoms with van der Waals surface area (Å²) in [6, 6.07) is 6.76. The topological polar surface area (TPSA) is 89.7 Å². The van der Waals surface area contributed by atoms with E-state index in [1.807, 2.05) is 6.92 Å². The van der Waals surface area contributed by atoms with Gasteiger partial charge in [0.15, 0.2) is 12.4 Å². The van der Waals surface area contributed by atoms with Crippen LogP contribution in [-0.4, -0.2) is 34.4 Å². The standard InChI is InChI=1S/C17H16N2O5/c1-10-3-4-13-14(7-10)17(22)19(16(13)21)6-5-15(20)23-9-12-8-11(2)18-24-12/h3-4,7-8H,5-6,9H2,1-2H3. The van der Waals surface area contributed by atoms with Crippen molar-refractivity contribution < 1.29 is 23.6 Å². The zero-order chi connectivity index (χ0) is 17.3. The highest BCUT2D eigenvalue weighted by Crippen LogP contribution is 2.24. The third kappa shape index (κ3) is 3.05. The van der Waals surface area contributed by atoms with Crippen molar-refractivity contribution in [2.24, 2.45) is 0 Å². The van der Waals surface area contributed by atoms with Crippen LogP contribution in [0.5, 0.6) is 0 Å². The van der Waals surface area contributed by atoms with E-state index in [2.05, 4.69) is 5.16 Å². The molecule has 0 atom stereocenters. The molecular weight excluding hydrogens is 312 g/mol. The number of benzene rings is 1. The van der Waals surface area contributed by atoms with Gasteiger partial charge in [-0.15, -0.1) is 0 Å². The number of amides is 2. The van der Waals surface area contributed by atoms with Crippen LogP contribution < -0.4 is 0 Å². The average Bonchev–Trinajstić information content (AvgIpc) is 3.06. The summed E-state index contributed by atoms with van der Waals surface area (Å²) in [4.78, 5) is 37.4. The number of ether oxygens (including phenoxy) is 1. The fourth-order valence-corrected chi connectivity index (χ4v) is 2.52. The molecule has 2 heterocycles. The molecule has 1 aliphatic heterocycles. The van der Waals surface area contributed by atoms with Crippen molar-refractivity contribution in [3.63, 3.8) is 0 Å². The molecule has 7 nitrogen and oxygen atoms in total. The summed E-state index contributed by atoms with van der Waals surface area (Å²) in [7, 11) is 0. The summed E-state index contributed by atoms with van der Waals surface area (Å²) in [5.74, 6) is -0.833. The summed E-state index contributed by atoms with van der Waals surface area (Å²) in [5.41, 5.74) is 2.35. The molecule has 7 heteroatoms. The van der Waals surface area contributed by atoms with E-state index in [0.29, 0.717) is 22.6 Å². The van der Waals surface area contributed by atoms with E-state index in [0.717, 1.165) is 10.5 Å². The molecule has 0 unspecified atom stereocenters. The highest BCUT2D eigenvalue weighted by Gasteiger charge is 2.35. The number of nitrogens with zero attached hydrogens (tertiary/aromatic N) is 2. The van der Waals surface area contributed by atoms with Gasteiger partial charge in [-0.25, -0.2) is 0 Å². The van der Waals surface area contributed by atoms with Crippen molar-refractivity contribution in [3.05, 3.63) is 52.4 Å². The molecule has 0 bridgehead atoms. The largest absolute Gasteiger partial charge is 0.457 e. The minimum Gasteiger partial charge on any atom is -0.457 e. The molecular formula is C17H16N2O5. The number of carbonyl (C=O) groups is 3. The van der Waals surface area contributed by atoms with E-state index in [1.54, 1.807) is 31.2 Å². The molecule has 0 spiro atoms. The average molecular weight is 328 g/mol. The van der Waals surface area contributed by atoms with Gasteiger partial charge in [0.05, 0.1) is 23.2 Å². The van der Waals surface area contributed by atoms with E-state index >= 15 is 0 Å². The van der Waals surface area contributed by atoms with Gasteiger partial charge in [0.25, 0.3) is 11.8 Å². The van der Waals surface area contributed by atoms with Crippen molar-refractivity contribution in [2.45, 2.75) is 26.9 Å². The summed E-state index contributed by atoms with van der Waals surface area (Å²) < 4.78 is 9.98. The Hall–Kier alpha value is -2.96. The lowest BCUT2D eigenvalue weighted by molar-refractivity contribution is -0.145. The lowest BCUT2D eigenvalue weighted by Gasteiger charge is -2.12. The van der Waals surface area contributed by atoms with Crippen molar-refractivity contribution in [3.8, 4) is 0 Å². The molecule has 0 aliphatic carbocycles. The van der Waals surface area contributed by atoms with Crippen LogP contribution in [0.3, 0.4) is 0 Å². The summed E-state index contributed by atoms with van der Waals surface area (Å²) in [5, 5.41) is 3.69. The second-order valence-electron chi connectivity index (χ2n) is 5.66. The molecule has 2 aromatic rings. The Morgan fingerprint density at radius 2 is 1.92 bits per heavy atom. The number of rotatable bonds is 5. The molecule has 1 aromatic heterocycles. The Balaban J connectivity index is 1.56. The quantitative estimate of drug-likeness (QED) is 0.616. The highest BCUT2D eigenvalue weighted by atomic mass is 16.5. The third-order valence-electron chi connectivity index (χ3n) is 3.72. The lowest BCUT2D eigenvalue weighted by Crippen LogP contribution is -2.32. The molecule has 2 amide bonds. The Morgan fingerprint density at radius 3 is 2.62 bits per heavy atom. The zero-order valence-electron chi connectivity index (χ0n) is 13.4. The van der Waals surface area contributed by atoms with Gasteiger partial charge in [-0.3, -0.25) is 19.3 Å². The number of imide groups is 1. The van der Waals surface area contributed by atoms with Gasteiger partial charge >= 0.3 is 5.97 Å². The molecule has 0 N–H and O–H groups in total. The number of hydrogen-bond acceptors (Lipinski definition) is 6. The number of aryl methyl sites for hydroxylation is 2. The second-order valence-corrected chi connectivity index (χ2v) is 5.66. The summed E-state index contributed by atoms with van der Waals surface area (Å²) in [6.07, 6.45) is -0.0719. The van der Waals surface area contributed by atoms with Crippen LogP contribution >= 0.6 is 0 Å². The molecule has 3 rings (SSSR count). The zero-order valence-corrected chi connectivity index (χ0v) is 13.4. The van der Waals surface area contributed by atoms with Crippen molar-refractivity contribution in [1.82, 2.24) is 10.1 Å². The van der Waals surface area contributed by atoms with E-state index in [1.165, 1.54) is 0 Å². The predicted octanol–water partition coefficient (Wildman–Crippen LogP) is 2.02. The van der Waals surface area contributed by atoms with Crippen LogP contribution in [0.25, 0.3) is 0 Å². The minimum atomic E-state index is -0.517. The second kappa shape index (κ2) is 6.27. The van der Waals surface area contributed by atoms with E-state index in [-0.39, 0.29) is 31.4 Å². The van der Waals surface area contributed by atoms with Crippen molar-refractivity contribution >= 4 is 17.8 Å². The minimum absolute atomic E-state index is 0.0142. The third-order valence-corrected chi connectivity index (χ3v) is 3.72. The van der Waals surface area contributed by atoms with Gasteiger partial charge in [-0.2, -0.15) is 0 Å². The number of carbonyl (C=O) groups excluding carboxylic acids is 3. The summed E-state index contributed by atoms with van der Waals surface area (Å²) in [6.45, 7) is 3.57. The first-order valence-corrected chi connectivity index (χ1v) is 7.50. The first kappa shape index (κ1) is 15.9. The SMILES string of the molecule is Cc1ccc2c(c1)C(=O)N(CCC(=O)OCc1cc(C)no1)C2=O. The van der Waals surface area contributed by atoms with Crippen LogP contribution in [-0.2, 0) is 16.1 Å². The van der Waals surface area contributed by atoms with Crippen LogP contribution in [0.4, 0.5) is 0 Å². The van der Waals surface area contributed by atoms with Gasteiger partial charge in [-0.05, 0) is 26.0 Å². The summed E-state index contributed by atoms with van der Waals surface area (Å²) >= 11 is 0. The number of esters is 1. The van der Waals surface area contributed by atoms with Crippen LogP contribution in [0.1, 0.15) is 44.2 Å². The van der Waals surface area contributed by atoms with Crippen molar-refractivity contribution in [2.75, 3.05) is 6.54 Å². The van der Waals surface area contributed by atoms with Gasteiger partial charge in [-0.1, -0.05) is 16.8 Å². The molecule has 24 heavy (non-hydrogen) atoms. The molecule has 1 aliphatic rings. The van der Waals surface area contributed by atoms with Crippen molar-refractivity contribution in [1.29, 1.82) is 0 Å². The van der Waals surface area contributed by atoms with Gasteiger partial charge < -0.3 is 9.26 Å². The molecule has 124 valence electrons. The predicted molar refractivity (Wildman–Crippen MR) is 82.2 cm³/mol. The maximum Gasteiger partial charge on any atom is 0.308 e. The van der Waals surface area contributed by atoms with E-state index in [4.69, 9.17) is 9.26 Å².